The quantitative estimate of drug-likeness (QED) is 0.318. The number of nitrogens with two attached hydrogens (primary N) is 1. The Balaban J connectivity index is 2.76. The van der Waals surface area contributed by atoms with E-state index in [4.69, 9.17) is 5.84 Å². The molecule has 0 radical (unpaired) electrons. The zero-order valence-electron chi connectivity index (χ0n) is 3.44. The van der Waals surface area contributed by atoms with E-state index in [1.165, 1.54) is 11.1 Å². The zero-order valence-corrected chi connectivity index (χ0v) is 3.44. The van der Waals surface area contributed by atoms with E-state index in [2.05, 4.69) is 21.1 Å². The lowest BCUT2D eigenvalue weighted by Gasteiger charge is -1.88. The average molecular weight is 100 g/mol. The maximum atomic E-state index is 4.86. The highest BCUT2D eigenvalue weighted by molar-refractivity contribution is 4.48. The first kappa shape index (κ1) is 4.00. The molecule has 0 bridgehead atoms. The summed E-state index contributed by atoms with van der Waals surface area (Å²) in [5.74, 6) is 4.86. The van der Waals surface area contributed by atoms with Crippen molar-refractivity contribution in [1.82, 2.24) is 20.3 Å². The number of hydrazine groups is 1. The van der Waals surface area contributed by atoms with E-state index in [9.17, 15) is 0 Å². The van der Waals surface area contributed by atoms with Crippen LogP contribution in [-0.2, 0) is 0 Å². The maximum absolute atomic E-state index is 4.86. The van der Waals surface area contributed by atoms with Crippen LogP contribution in [0.5, 0.6) is 0 Å². The van der Waals surface area contributed by atoms with Crippen LogP contribution in [0.2, 0.25) is 0 Å². The summed E-state index contributed by atoms with van der Waals surface area (Å²) in [7, 11) is 0. The molecule has 6 nitrogen and oxygen atoms in total. The van der Waals surface area contributed by atoms with Crippen LogP contribution in [0.3, 0.4) is 0 Å². The van der Waals surface area contributed by atoms with Gasteiger partial charge in [-0.15, -0.1) is 9.89 Å². The van der Waals surface area contributed by atoms with Crippen LogP contribution in [0.15, 0.2) is 6.33 Å². The summed E-state index contributed by atoms with van der Waals surface area (Å²) in [6, 6.07) is 0. The van der Waals surface area contributed by atoms with Crippen molar-refractivity contribution in [2.45, 2.75) is 0 Å². The van der Waals surface area contributed by atoms with E-state index >= 15 is 0 Å². The SMILES string of the molecule is NNn1cnnn1. The Morgan fingerprint density at radius 2 is 2.57 bits per heavy atom. The highest BCUT2D eigenvalue weighted by atomic mass is 15.7. The lowest BCUT2D eigenvalue weighted by Crippen LogP contribution is -2.21. The van der Waals surface area contributed by atoms with Crippen LogP contribution in [-0.4, -0.2) is 20.3 Å². The molecular weight excluding hydrogens is 96.1 g/mol. The van der Waals surface area contributed by atoms with Crippen molar-refractivity contribution >= 4 is 0 Å². The minimum atomic E-state index is 1.18. The first-order valence-corrected chi connectivity index (χ1v) is 1.63. The Bertz CT molecular complexity index is 119. The summed E-state index contributed by atoms with van der Waals surface area (Å²) in [4.78, 5) is 1.18. The second-order valence-electron chi connectivity index (χ2n) is 0.883. The van der Waals surface area contributed by atoms with Gasteiger partial charge in [0.2, 0.25) is 0 Å². The van der Waals surface area contributed by atoms with E-state index in [0.717, 1.165) is 0 Å². The number of tetrazole rings is 1. The standard InChI is InChI=1S/CH4N6/c2-4-7-1-3-5-6-7/h1,4H,2H2. The summed E-state index contributed by atoms with van der Waals surface area (Å²) in [6.45, 7) is 0. The van der Waals surface area contributed by atoms with Crippen LogP contribution in [0.1, 0.15) is 0 Å². The molecule has 0 unspecified atom stereocenters. The Kier molecular flexibility index (Phi) is 0.868. The van der Waals surface area contributed by atoms with Gasteiger partial charge in [-0.3, -0.25) is 0 Å². The minimum Gasteiger partial charge on any atom is -0.243 e. The van der Waals surface area contributed by atoms with E-state index in [1.54, 1.807) is 0 Å². The number of nitrogen functional groups attached to an aromatic ring is 1. The molecule has 1 aromatic rings. The van der Waals surface area contributed by atoms with Crippen molar-refractivity contribution in [2.24, 2.45) is 5.84 Å². The molecule has 6 heteroatoms. The van der Waals surface area contributed by atoms with Crippen molar-refractivity contribution in [3.8, 4) is 0 Å². The predicted molar refractivity (Wildman–Crippen MR) is 21.4 cm³/mol. The molecule has 7 heavy (non-hydrogen) atoms. The summed E-state index contributed by atoms with van der Waals surface area (Å²) in [5.41, 5.74) is 2.19. The van der Waals surface area contributed by atoms with Crippen LogP contribution in [0.25, 0.3) is 0 Å². The largest absolute Gasteiger partial charge is 0.243 e. The lowest BCUT2D eigenvalue weighted by atomic mass is 11.4. The van der Waals surface area contributed by atoms with Crippen molar-refractivity contribution in [2.75, 3.05) is 5.53 Å². The fourth-order valence-electron chi connectivity index (χ4n) is 0.220. The third-order valence-electron chi connectivity index (χ3n) is 0.481. The second-order valence-corrected chi connectivity index (χ2v) is 0.883. The van der Waals surface area contributed by atoms with Crippen LogP contribution in [0.4, 0.5) is 0 Å². The van der Waals surface area contributed by atoms with Gasteiger partial charge in [0, 0.05) is 0 Å². The van der Waals surface area contributed by atoms with Gasteiger partial charge < -0.3 is 0 Å². The molecule has 0 aliphatic heterocycles. The first-order chi connectivity index (χ1) is 3.43. The molecule has 1 heterocycles. The molecule has 38 valence electrons. The smallest absolute Gasteiger partial charge is 0.163 e. The first-order valence-electron chi connectivity index (χ1n) is 1.63. The molecule has 0 fully saturated rings. The molecule has 1 aromatic heterocycles. The number of aromatic nitrogens is 4. The number of rotatable bonds is 1. The van der Waals surface area contributed by atoms with Crippen LogP contribution >= 0.6 is 0 Å². The minimum absolute atomic E-state index is 1.18. The number of hydrogen-bond donors (Lipinski definition) is 2. The van der Waals surface area contributed by atoms with Gasteiger partial charge in [-0.2, -0.15) is 0 Å². The number of hydrogen-bond acceptors (Lipinski definition) is 5. The average Bonchev–Trinajstić information content (AvgIpc) is 2.14. The fraction of sp³-hybridized carbons (Fsp3) is 0. The molecule has 0 spiro atoms. The summed E-state index contributed by atoms with van der Waals surface area (Å²) in [5, 5.41) is 9.92. The topological polar surface area (TPSA) is 81.6 Å². The third-order valence-corrected chi connectivity index (χ3v) is 0.481. The van der Waals surface area contributed by atoms with E-state index in [0.29, 0.717) is 0 Å². The Hall–Kier alpha value is -1.17. The van der Waals surface area contributed by atoms with Crippen LogP contribution < -0.4 is 11.4 Å². The molecule has 3 N–H and O–H groups in total. The highest BCUT2D eigenvalue weighted by Gasteiger charge is 1.78. The molecule has 0 aromatic carbocycles. The predicted octanol–water partition coefficient (Wildman–Crippen LogP) is -1.91. The molecule has 0 aliphatic rings. The molecule has 0 aliphatic carbocycles. The molecule has 0 saturated heterocycles. The van der Waals surface area contributed by atoms with Gasteiger partial charge in [0.05, 0.1) is 0 Å². The Labute approximate surface area is 39.2 Å². The summed E-state index contributed by atoms with van der Waals surface area (Å²) in [6.07, 6.45) is 1.35. The summed E-state index contributed by atoms with van der Waals surface area (Å²) >= 11 is 0. The highest BCUT2D eigenvalue weighted by Crippen LogP contribution is 1.58. The Morgan fingerprint density at radius 3 is 2.86 bits per heavy atom. The van der Waals surface area contributed by atoms with Gasteiger partial charge in [0.25, 0.3) is 0 Å². The van der Waals surface area contributed by atoms with Crippen molar-refractivity contribution in [1.29, 1.82) is 0 Å². The maximum Gasteiger partial charge on any atom is 0.163 e. The molecule has 0 saturated carbocycles. The third kappa shape index (κ3) is 0.631. The molecule has 0 atom stereocenters. The molecule has 0 amide bonds. The van der Waals surface area contributed by atoms with E-state index in [1.807, 2.05) is 0 Å². The van der Waals surface area contributed by atoms with Gasteiger partial charge in [0.1, 0.15) is 0 Å². The number of nitrogens with one attached hydrogen (secondary N) is 1. The monoisotopic (exact) mass is 100 g/mol. The lowest BCUT2D eigenvalue weighted by molar-refractivity contribution is 0.703. The van der Waals surface area contributed by atoms with Crippen molar-refractivity contribution in [3.05, 3.63) is 6.33 Å². The van der Waals surface area contributed by atoms with Crippen molar-refractivity contribution in [3.63, 3.8) is 0 Å². The fourth-order valence-corrected chi connectivity index (χ4v) is 0.220. The van der Waals surface area contributed by atoms with Crippen molar-refractivity contribution < 1.29 is 0 Å². The van der Waals surface area contributed by atoms with E-state index < -0.39 is 0 Å². The normalized spacial score (nSPS) is 8.71. The zero-order chi connectivity index (χ0) is 5.11. The van der Waals surface area contributed by atoms with E-state index in [-0.39, 0.29) is 0 Å². The van der Waals surface area contributed by atoms with Gasteiger partial charge in [0.15, 0.2) is 6.33 Å². The van der Waals surface area contributed by atoms with Crippen LogP contribution in [0, 0.1) is 0 Å². The second kappa shape index (κ2) is 1.52. The van der Waals surface area contributed by atoms with Gasteiger partial charge in [-0.05, 0) is 10.4 Å². The Morgan fingerprint density at radius 1 is 1.71 bits per heavy atom. The van der Waals surface area contributed by atoms with Gasteiger partial charge in [-0.25, -0.2) is 11.4 Å². The summed E-state index contributed by atoms with van der Waals surface area (Å²) < 4.78 is 0. The van der Waals surface area contributed by atoms with Gasteiger partial charge >= 0.3 is 0 Å². The molecule has 1 rings (SSSR count). The number of nitrogens with zero attached hydrogens (tertiary/aromatic N) is 4. The molecular formula is CH4N6. The van der Waals surface area contributed by atoms with Gasteiger partial charge in [-0.1, -0.05) is 0 Å².